The van der Waals surface area contributed by atoms with Crippen molar-refractivity contribution in [2.24, 2.45) is 0 Å². The minimum absolute atomic E-state index is 0. The zero-order valence-electron chi connectivity index (χ0n) is 3.24. The molecule has 1 rings (SSSR count). The molecule has 66 valence electrons. The fraction of sp³-hybridized carbons (Fsp3) is 1.00. The molecule has 1 heterocycles. The highest BCUT2D eigenvalue weighted by molar-refractivity contribution is 4.43. The summed E-state index contributed by atoms with van der Waals surface area (Å²) in [5, 5.41) is 0. The van der Waals surface area contributed by atoms with Crippen LogP contribution in [0.3, 0.4) is 0 Å². The van der Waals surface area contributed by atoms with Gasteiger partial charge in [0.15, 0.2) is 0 Å². The number of hydrogen-bond acceptors (Lipinski definition) is 1. The molecule has 0 radical (unpaired) electrons. The van der Waals surface area contributed by atoms with Crippen molar-refractivity contribution in [2.45, 2.75) is 12.8 Å². The van der Waals surface area contributed by atoms with Gasteiger partial charge in [-0.15, -0.1) is 0 Å². The summed E-state index contributed by atoms with van der Waals surface area (Å²) >= 11 is 0. The summed E-state index contributed by atoms with van der Waals surface area (Å²) in [5.41, 5.74) is 0. The molecule has 1 heteroatoms. The Balaban J connectivity index is -0.000000000868. The average molecular weight is 127 g/mol. The Morgan fingerprint density at radius 3 is 2.00 bits per heavy atom. The van der Waals surface area contributed by atoms with Crippen LogP contribution in [0.25, 0.3) is 0 Å². The van der Waals surface area contributed by atoms with Crippen LogP contribution < -0.4 is 0 Å². The van der Waals surface area contributed by atoms with E-state index in [1.54, 1.807) is 0 Å². The van der Waals surface area contributed by atoms with Crippen LogP contribution in [0.15, 0.2) is 0 Å². The first-order valence-electron chi connectivity index (χ1n) is 2.08. The van der Waals surface area contributed by atoms with Crippen molar-refractivity contribution in [3.63, 3.8) is 0 Å². The van der Waals surface area contributed by atoms with Crippen molar-refractivity contribution in [1.29, 1.82) is 0 Å². The largest absolute Gasteiger partial charge is 0.381 e. The van der Waals surface area contributed by atoms with Crippen LogP contribution in [0.4, 0.5) is 0 Å². The van der Waals surface area contributed by atoms with Gasteiger partial charge in [-0.2, -0.15) is 0 Å². The maximum absolute atomic E-state index is 4.94. The molecule has 1 aliphatic heterocycles. The molecular formula is C4H44O. The van der Waals surface area contributed by atoms with Crippen LogP contribution in [-0.4, -0.2) is 13.2 Å². The Hall–Kier alpha value is -0.0400. The van der Waals surface area contributed by atoms with Crippen molar-refractivity contribution >= 4 is 0 Å². The fourth-order valence-corrected chi connectivity index (χ4v) is 0.510. The summed E-state index contributed by atoms with van der Waals surface area (Å²) in [4.78, 5) is 0. The molecule has 1 fully saturated rings. The van der Waals surface area contributed by atoms with Gasteiger partial charge >= 0.3 is 0 Å². The molecule has 0 aromatic carbocycles. The van der Waals surface area contributed by atoms with Crippen molar-refractivity contribution in [1.82, 2.24) is 0 Å². The average Bonchev–Trinajstić information content (AvgIpc) is 1.76. The smallest absolute Gasteiger partial charge is 0.0466 e. The van der Waals surface area contributed by atoms with Crippen LogP contribution in [0.5, 0.6) is 0 Å². The predicted octanol–water partition coefficient (Wildman–Crippen LogP) is 5.22. The molecule has 0 unspecified atom stereocenters. The second-order valence-corrected chi connectivity index (χ2v) is 1.32. The van der Waals surface area contributed by atoms with E-state index in [-0.39, 0.29) is 25.7 Å². The first kappa shape index (κ1) is 3.16. The first-order valence-corrected chi connectivity index (χ1v) is 2.08. The molecule has 0 aromatic heterocycles. The standard InChI is InChI=1S/C4H8O.18H2/c1-2-4-5-3-1;;;;;;;;;;;;;;;;;;/h1-4H2;18*1H/i;18*1+1. The van der Waals surface area contributed by atoms with Gasteiger partial charge in [0.25, 0.3) is 0 Å². The van der Waals surface area contributed by atoms with E-state index in [9.17, 15) is 0 Å². The van der Waals surface area contributed by atoms with Gasteiger partial charge in [0, 0.05) is 38.9 Å². The fourth-order valence-electron chi connectivity index (χ4n) is 0.510. The zero-order valence-corrected chi connectivity index (χ0v) is 3.24. The Kier molecular flexibility index (Phi) is 0.892. The SMILES string of the molecule is C1CCOC1.[2HH].[2HH].[2HH].[2HH].[2HH].[2HH].[2HH].[2HH].[2HH].[2HH].[2HH].[2HH].[2HH].[2HH].[2HH].[2HH].[2HH].[2HH]. The minimum atomic E-state index is 0. The van der Waals surface area contributed by atoms with E-state index >= 15 is 0 Å². The third-order valence-electron chi connectivity index (χ3n) is 0.827. The number of rotatable bonds is 0. The second-order valence-electron chi connectivity index (χ2n) is 1.32. The Bertz CT molecular complexity index is 32.6. The zero-order chi connectivity index (χ0) is 3.54. The van der Waals surface area contributed by atoms with E-state index in [0.717, 1.165) is 13.2 Å². The van der Waals surface area contributed by atoms with Gasteiger partial charge in [0.05, 0.1) is 0 Å². The second kappa shape index (κ2) is 1.41. The lowest BCUT2D eigenvalue weighted by atomic mass is 10.4. The normalized spacial score (nSPS) is 24.0. The first-order chi connectivity index (χ1) is 2.50. The predicted molar refractivity (Wildman–Crippen MR) is 58.1 cm³/mol. The van der Waals surface area contributed by atoms with Crippen LogP contribution in [0, 0.1) is 0 Å². The molecule has 0 spiro atoms. The van der Waals surface area contributed by atoms with Gasteiger partial charge in [0.2, 0.25) is 0 Å². The van der Waals surface area contributed by atoms with Gasteiger partial charge in [-0.25, -0.2) is 0 Å². The topological polar surface area (TPSA) is 9.23 Å². The summed E-state index contributed by atoms with van der Waals surface area (Å²) < 4.78 is 4.94. The van der Waals surface area contributed by atoms with Crippen LogP contribution in [-0.2, 0) is 4.74 Å². The molecule has 0 bridgehead atoms. The molecule has 1 saturated heterocycles. The van der Waals surface area contributed by atoms with E-state index in [0.29, 0.717) is 0 Å². The quantitative estimate of drug-likeness (QED) is 0.432. The Morgan fingerprint density at radius 1 is 1.20 bits per heavy atom. The molecule has 0 N–H and O–H groups in total. The van der Waals surface area contributed by atoms with Crippen molar-refractivity contribution in [3.8, 4) is 0 Å². The van der Waals surface area contributed by atoms with E-state index < -0.39 is 0 Å². The van der Waals surface area contributed by atoms with E-state index in [2.05, 4.69) is 0 Å². The maximum Gasteiger partial charge on any atom is 0.0466 e. The molecule has 1 aliphatic rings. The van der Waals surface area contributed by atoms with Crippen molar-refractivity contribution in [3.05, 3.63) is 0 Å². The van der Waals surface area contributed by atoms with Crippen LogP contribution >= 0.6 is 0 Å². The molecule has 5 heavy (non-hydrogen) atoms. The minimum Gasteiger partial charge on any atom is -0.381 e. The summed E-state index contributed by atoms with van der Waals surface area (Å²) in [5.74, 6) is 0. The van der Waals surface area contributed by atoms with Gasteiger partial charge in [-0.1, -0.05) is 0 Å². The lowest BCUT2D eigenvalue weighted by Crippen LogP contribution is -1.74. The highest BCUT2D eigenvalue weighted by Crippen LogP contribution is 1.98. The summed E-state index contributed by atoms with van der Waals surface area (Å²) in [6.45, 7) is 2.00. The van der Waals surface area contributed by atoms with Gasteiger partial charge < -0.3 is 4.74 Å². The lowest BCUT2D eigenvalue weighted by Gasteiger charge is -1.76. The summed E-state index contributed by atoms with van der Waals surface area (Å²) in [7, 11) is 0. The molecule has 0 saturated carbocycles. The van der Waals surface area contributed by atoms with Gasteiger partial charge in [-0.3, -0.25) is 0 Å². The highest BCUT2D eigenvalue weighted by atomic mass is 16.5. The van der Waals surface area contributed by atoms with E-state index in [4.69, 9.17) is 4.74 Å². The van der Waals surface area contributed by atoms with Gasteiger partial charge in [-0.05, 0) is 12.8 Å². The summed E-state index contributed by atoms with van der Waals surface area (Å²) in [6.07, 6.45) is 2.56. The molecule has 0 aromatic rings. The van der Waals surface area contributed by atoms with Crippen LogP contribution in [0.2, 0.25) is 0 Å². The van der Waals surface area contributed by atoms with Crippen molar-refractivity contribution < 1.29 is 30.4 Å². The maximum atomic E-state index is 4.94. The van der Waals surface area contributed by atoms with Crippen molar-refractivity contribution in [2.75, 3.05) is 13.2 Å². The van der Waals surface area contributed by atoms with Crippen LogP contribution in [0.1, 0.15) is 38.5 Å². The van der Waals surface area contributed by atoms with E-state index in [1.165, 1.54) is 12.8 Å². The third-order valence-corrected chi connectivity index (χ3v) is 0.827. The Labute approximate surface area is 58.7 Å². The molecule has 0 atom stereocenters. The van der Waals surface area contributed by atoms with Gasteiger partial charge in [0.1, 0.15) is 0 Å². The summed E-state index contributed by atoms with van der Waals surface area (Å²) in [6, 6.07) is 0. The molecule has 0 aliphatic carbocycles. The monoisotopic (exact) mass is 126 g/mol. The molecule has 1 nitrogen and oxygen atoms in total. The highest BCUT2D eigenvalue weighted by Gasteiger charge is 1.94. The third kappa shape index (κ3) is 0.618. The molecule has 0 amide bonds. The number of hydrogen-bond donors (Lipinski definition) is 0. The van der Waals surface area contributed by atoms with E-state index in [1.807, 2.05) is 0 Å². The lowest BCUT2D eigenvalue weighted by molar-refractivity contribution is 0.198. The number of ether oxygens (including phenoxy) is 1. The molecular weight excluding hydrogens is 64.0 g/mol. The Morgan fingerprint density at radius 2 is 1.80 bits per heavy atom.